The number of nitrogens with zero attached hydrogens (tertiary/aromatic N) is 4. The molecule has 2 aromatic heterocycles. The van der Waals surface area contributed by atoms with Gasteiger partial charge >= 0.3 is 6.03 Å². The number of urea groups is 1. The Morgan fingerprint density at radius 1 is 0.848 bits per heavy atom. The van der Waals surface area contributed by atoms with E-state index in [1.807, 2.05) is 46.8 Å². The minimum Gasteiger partial charge on any atom is -0.439 e. The van der Waals surface area contributed by atoms with E-state index in [1.54, 1.807) is 35.0 Å². The van der Waals surface area contributed by atoms with Crippen LogP contribution in [-0.4, -0.2) is 25.8 Å². The standard InChI is InChI=1S/C25H26N6O2/c1-15-10-16(2)12-21(11-15)29-25(32)28-20-6-8-22(9-7-20)33-24-13-23(26-14-27-24)31-19(5)17(3)18(4)30-31/h6-14H,1-5H3,(H2,28,29,32). The first-order valence-corrected chi connectivity index (χ1v) is 10.6. The highest BCUT2D eigenvalue weighted by Crippen LogP contribution is 2.24. The van der Waals surface area contributed by atoms with Crippen molar-refractivity contribution < 1.29 is 9.53 Å². The number of benzene rings is 2. The maximum Gasteiger partial charge on any atom is 0.323 e. The number of aromatic nitrogens is 4. The Bertz CT molecular complexity index is 1290. The quantitative estimate of drug-likeness (QED) is 0.417. The summed E-state index contributed by atoms with van der Waals surface area (Å²) >= 11 is 0. The first-order chi connectivity index (χ1) is 15.8. The van der Waals surface area contributed by atoms with Gasteiger partial charge in [0.05, 0.1) is 5.69 Å². The lowest BCUT2D eigenvalue weighted by Crippen LogP contribution is -2.19. The molecular formula is C25H26N6O2. The van der Waals surface area contributed by atoms with Gasteiger partial charge < -0.3 is 15.4 Å². The third-order valence-corrected chi connectivity index (χ3v) is 5.31. The highest BCUT2D eigenvalue weighted by atomic mass is 16.5. The number of hydrogen-bond acceptors (Lipinski definition) is 5. The summed E-state index contributed by atoms with van der Waals surface area (Å²) in [4.78, 5) is 20.8. The number of carbonyl (C=O) groups is 1. The van der Waals surface area contributed by atoms with Crippen molar-refractivity contribution in [3.8, 4) is 17.4 Å². The second-order valence-corrected chi connectivity index (χ2v) is 8.00. The zero-order valence-corrected chi connectivity index (χ0v) is 19.3. The maximum atomic E-state index is 12.3. The van der Waals surface area contributed by atoms with Crippen LogP contribution in [0.3, 0.4) is 0 Å². The Balaban J connectivity index is 1.41. The number of hydrogen-bond donors (Lipinski definition) is 2. The van der Waals surface area contributed by atoms with Gasteiger partial charge in [0, 0.05) is 23.1 Å². The van der Waals surface area contributed by atoms with Gasteiger partial charge in [-0.2, -0.15) is 5.10 Å². The van der Waals surface area contributed by atoms with Crippen molar-refractivity contribution in [2.45, 2.75) is 34.6 Å². The first kappa shape index (κ1) is 22.0. The molecule has 0 aliphatic rings. The molecule has 0 atom stereocenters. The molecule has 2 N–H and O–H groups in total. The number of nitrogens with one attached hydrogen (secondary N) is 2. The summed E-state index contributed by atoms with van der Waals surface area (Å²) in [6.07, 6.45) is 1.45. The maximum absolute atomic E-state index is 12.3. The molecule has 0 aliphatic carbocycles. The summed E-state index contributed by atoms with van der Waals surface area (Å²) in [6.45, 7) is 9.99. The van der Waals surface area contributed by atoms with Crippen LogP contribution in [0.4, 0.5) is 16.2 Å². The third kappa shape index (κ3) is 5.17. The molecule has 0 fully saturated rings. The van der Waals surface area contributed by atoms with E-state index >= 15 is 0 Å². The number of aryl methyl sites for hydroxylation is 3. The topological polar surface area (TPSA) is 94.0 Å². The molecule has 0 unspecified atom stereocenters. The fourth-order valence-corrected chi connectivity index (χ4v) is 3.51. The summed E-state index contributed by atoms with van der Waals surface area (Å²) in [7, 11) is 0. The van der Waals surface area contributed by atoms with Gasteiger partial charge in [-0.1, -0.05) is 6.07 Å². The van der Waals surface area contributed by atoms with Gasteiger partial charge in [-0.3, -0.25) is 0 Å². The van der Waals surface area contributed by atoms with Crippen molar-refractivity contribution in [3.05, 3.63) is 82.9 Å². The summed E-state index contributed by atoms with van der Waals surface area (Å²) < 4.78 is 7.66. The SMILES string of the molecule is Cc1cc(C)cc(NC(=O)Nc2ccc(Oc3cc(-n4nc(C)c(C)c4C)ncn3)cc2)c1. The monoisotopic (exact) mass is 442 g/mol. The molecule has 0 aliphatic heterocycles. The molecule has 8 nitrogen and oxygen atoms in total. The van der Waals surface area contributed by atoms with Gasteiger partial charge in [0.1, 0.15) is 12.1 Å². The van der Waals surface area contributed by atoms with E-state index in [0.29, 0.717) is 23.1 Å². The molecule has 8 heteroatoms. The van der Waals surface area contributed by atoms with Gasteiger partial charge in [0.15, 0.2) is 5.82 Å². The van der Waals surface area contributed by atoms with Crippen LogP contribution >= 0.6 is 0 Å². The fourth-order valence-electron chi connectivity index (χ4n) is 3.51. The van der Waals surface area contributed by atoms with E-state index in [-0.39, 0.29) is 6.03 Å². The van der Waals surface area contributed by atoms with Gasteiger partial charge in [-0.05, 0) is 87.7 Å². The van der Waals surface area contributed by atoms with E-state index < -0.39 is 0 Å². The van der Waals surface area contributed by atoms with E-state index in [4.69, 9.17) is 4.74 Å². The van der Waals surface area contributed by atoms with Crippen molar-refractivity contribution in [2.24, 2.45) is 0 Å². The number of ether oxygens (including phenoxy) is 1. The van der Waals surface area contributed by atoms with Crippen LogP contribution in [0.2, 0.25) is 0 Å². The van der Waals surface area contributed by atoms with Crippen molar-refractivity contribution in [1.82, 2.24) is 19.7 Å². The molecule has 0 radical (unpaired) electrons. The lowest BCUT2D eigenvalue weighted by Gasteiger charge is -2.10. The molecule has 0 saturated carbocycles. The lowest BCUT2D eigenvalue weighted by atomic mass is 10.1. The Hall–Kier alpha value is -4.20. The second kappa shape index (κ2) is 9.12. The van der Waals surface area contributed by atoms with Crippen molar-refractivity contribution in [1.29, 1.82) is 0 Å². The van der Waals surface area contributed by atoms with E-state index in [1.165, 1.54) is 6.33 Å². The predicted molar refractivity (Wildman–Crippen MR) is 128 cm³/mol. The third-order valence-electron chi connectivity index (χ3n) is 5.31. The number of anilines is 2. The van der Waals surface area contributed by atoms with Gasteiger partial charge in [0.2, 0.25) is 5.88 Å². The van der Waals surface area contributed by atoms with Gasteiger partial charge in [0.25, 0.3) is 0 Å². The zero-order valence-electron chi connectivity index (χ0n) is 19.3. The summed E-state index contributed by atoms with van der Waals surface area (Å²) in [6, 6.07) is 14.4. The van der Waals surface area contributed by atoms with Crippen LogP contribution < -0.4 is 15.4 Å². The van der Waals surface area contributed by atoms with E-state index in [2.05, 4.69) is 31.8 Å². The molecule has 168 valence electrons. The van der Waals surface area contributed by atoms with Gasteiger partial charge in [-0.15, -0.1) is 0 Å². The lowest BCUT2D eigenvalue weighted by molar-refractivity contribution is 0.262. The minimum atomic E-state index is -0.311. The zero-order chi connectivity index (χ0) is 23.5. The van der Waals surface area contributed by atoms with Crippen LogP contribution in [0.15, 0.2) is 54.9 Å². The number of amides is 2. The van der Waals surface area contributed by atoms with Gasteiger partial charge in [-0.25, -0.2) is 19.4 Å². The number of rotatable bonds is 5. The summed E-state index contributed by atoms with van der Waals surface area (Å²) in [5.74, 6) is 1.62. The molecule has 0 saturated heterocycles. The molecule has 4 rings (SSSR count). The average molecular weight is 443 g/mol. The predicted octanol–water partition coefficient (Wildman–Crippen LogP) is 5.64. The highest BCUT2D eigenvalue weighted by Gasteiger charge is 2.12. The normalized spacial score (nSPS) is 10.7. The summed E-state index contributed by atoms with van der Waals surface area (Å²) in [5, 5.41) is 10.2. The van der Waals surface area contributed by atoms with Crippen LogP contribution in [0.25, 0.3) is 5.82 Å². The van der Waals surface area contributed by atoms with Crippen molar-refractivity contribution >= 4 is 17.4 Å². The summed E-state index contributed by atoms with van der Waals surface area (Å²) in [5.41, 5.74) is 6.68. The Morgan fingerprint density at radius 2 is 1.52 bits per heavy atom. The van der Waals surface area contributed by atoms with Crippen molar-refractivity contribution in [2.75, 3.05) is 10.6 Å². The van der Waals surface area contributed by atoms with Crippen LogP contribution in [0.1, 0.15) is 28.1 Å². The highest BCUT2D eigenvalue weighted by molar-refractivity contribution is 5.99. The Labute approximate surface area is 192 Å². The smallest absolute Gasteiger partial charge is 0.323 e. The van der Waals surface area contributed by atoms with E-state index in [0.717, 1.165) is 33.8 Å². The van der Waals surface area contributed by atoms with Crippen LogP contribution in [0, 0.1) is 34.6 Å². The Kier molecular flexibility index (Phi) is 6.08. The first-order valence-electron chi connectivity index (χ1n) is 10.6. The molecule has 33 heavy (non-hydrogen) atoms. The largest absolute Gasteiger partial charge is 0.439 e. The molecule has 0 spiro atoms. The minimum absolute atomic E-state index is 0.311. The van der Waals surface area contributed by atoms with E-state index in [9.17, 15) is 4.79 Å². The van der Waals surface area contributed by atoms with Crippen molar-refractivity contribution in [3.63, 3.8) is 0 Å². The average Bonchev–Trinajstić information content (AvgIpc) is 3.02. The van der Waals surface area contributed by atoms with Crippen LogP contribution in [-0.2, 0) is 0 Å². The Morgan fingerprint density at radius 3 is 2.15 bits per heavy atom. The second-order valence-electron chi connectivity index (χ2n) is 8.00. The molecule has 0 bridgehead atoms. The molecule has 2 heterocycles. The van der Waals surface area contributed by atoms with Crippen LogP contribution in [0.5, 0.6) is 11.6 Å². The molecule has 2 amide bonds. The molecule has 2 aromatic carbocycles. The number of carbonyl (C=O) groups excluding carboxylic acids is 1. The molecular weight excluding hydrogens is 416 g/mol. The molecule has 4 aromatic rings. The fraction of sp³-hybridized carbons (Fsp3) is 0.200.